The molecule has 0 spiro atoms. The third-order valence-corrected chi connectivity index (χ3v) is 5.01. The molecule has 0 fully saturated rings. The van der Waals surface area contributed by atoms with Gasteiger partial charge in [0.15, 0.2) is 0 Å². The molecule has 0 aliphatic rings. The van der Waals surface area contributed by atoms with Crippen molar-refractivity contribution in [1.82, 2.24) is 16.0 Å². The first kappa shape index (κ1) is 29.3. The summed E-state index contributed by atoms with van der Waals surface area (Å²) in [6, 6.07) is -4.72. The summed E-state index contributed by atoms with van der Waals surface area (Å²) in [5.74, 6) is -4.48. The molecule has 0 aromatic heterocycles. The van der Waals surface area contributed by atoms with Crippen LogP contribution in [0.2, 0.25) is 0 Å². The summed E-state index contributed by atoms with van der Waals surface area (Å²) in [7, 11) is 0. The van der Waals surface area contributed by atoms with Gasteiger partial charge in [-0.2, -0.15) is 0 Å². The lowest BCUT2D eigenvalue weighted by molar-refractivity contribution is -0.142. The summed E-state index contributed by atoms with van der Waals surface area (Å²) in [5.41, 5.74) is 10.9. The average molecular weight is 460 g/mol. The van der Waals surface area contributed by atoms with Gasteiger partial charge in [0.05, 0.1) is 12.6 Å². The van der Waals surface area contributed by atoms with Crippen molar-refractivity contribution >= 4 is 29.6 Å². The van der Waals surface area contributed by atoms with E-state index in [-0.39, 0.29) is 31.1 Å². The molecule has 0 saturated carbocycles. The highest BCUT2D eigenvalue weighted by atomic mass is 16.4. The number of aliphatic carboxylic acids is 1. The first-order valence-electron chi connectivity index (χ1n) is 10.6. The standard InChI is InChI=1S/C20H37N5O7/c1-5-11(4)16(22)19(30)25-14(9-26)18(29)24-13(8-10(2)3)17(28)23-12(20(31)32)6-7-15(21)27/h10-14,16,26H,5-9,22H2,1-4H3,(H2,21,27)(H,23,28)(H,24,29)(H,25,30)(H,31,32). The number of carboxylic acids is 1. The molecule has 0 aromatic carbocycles. The van der Waals surface area contributed by atoms with E-state index in [9.17, 15) is 34.2 Å². The number of carboxylic acid groups (broad SMARTS) is 1. The molecule has 9 N–H and O–H groups in total. The first-order valence-corrected chi connectivity index (χ1v) is 10.6. The van der Waals surface area contributed by atoms with Crippen molar-refractivity contribution in [2.24, 2.45) is 23.3 Å². The average Bonchev–Trinajstić information content (AvgIpc) is 2.71. The van der Waals surface area contributed by atoms with E-state index in [1.807, 2.05) is 6.92 Å². The van der Waals surface area contributed by atoms with Gasteiger partial charge in [-0.3, -0.25) is 19.2 Å². The summed E-state index contributed by atoms with van der Waals surface area (Å²) in [6.45, 7) is 6.50. The zero-order chi connectivity index (χ0) is 25.0. The van der Waals surface area contributed by atoms with Crippen LogP contribution in [0.15, 0.2) is 0 Å². The number of aliphatic hydroxyl groups excluding tert-OH is 1. The predicted molar refractivity (Wildman–Crippen MR) is 116 cm³/mol. The molecule has 0 aliphatic carbocycles. The van der Waals surface area contributed by atoms with Gasteiger partial charge in [-0.15, -0.1) is 0 Å². The molecular formula is C20H37N5O7. The molecule has 0 saturated heterocycles. The smallest absolute Gasteiger partial charge is 0.326 e. The largest absolute Gasteiger partial charge is 0.480 e. The third kappa shape index (κ3) is 10.5. The van der Waals surface area contributed by atoms with Crippen LogP contribution in [0.4, 0.5) is 0 Å². The zero-order valence-corrected chi connectivity index (χ0v) is 19.1. The Kier molecular flexibility index (Phi) is 13.1. The van der Waals surface area contributed by atoms with Crippen LogP contribution in [-0.2, 0) is 24.0 Å². The Bertz CT molecular complexity index is 671. The lowest BCUT2D eigenvalue weighted by Crippen LogP contribution is -2.58. The van der Waals surface area contributed by atoms with E-state index < -0.39 is 60.4 Å². The number of hydrogen-bond acceptors (Lipinski definition) is 7. The summed E-state index contributed by atoms with van der Waals surface area (Å²) in [6.07, 6.45) is 0.356. The van der Waals surface area contributed by atoms with E-state index in [0.717, 1.165) is 0 Å². The predicted octanol–water partition coefficient (Wildman–Crippen LogP) is -1.80. The van der Waals surface area contributed by atoms with Crippen LogP contribution in [0.1, 0.15) is 53.4 Å². The first-order chi connectivity index (χ1) is 14.8. The highest BCUT2D eigenvalue weighted by Crippen LogP contribution is 2.08. The monoisotopic (exact) mass is 459 g/mol. The maximum Gasteiger partial charge on any atom is 0.326 e. The van der Waals surface area contributed by atoms with E-state index >= 15 is 0 Å². The van der Waals surface area contributed by atoms with Crippen LogP contribution in [-0.4, -0.2) is 70.6 Å². The topological polar surface area (TPSA) is 214 Å². The molecule has 32 heavy (non-hydrogen) atoms. The summed E-state index contributed by atoms with van der Waals surface area (Å²) in [4.78, 5) is 59.9. The zero-order valence-electron chi connectivity index (χ0n) is 19.1. The molecule has 5 unspecified atom stereocenters. The van der Waals surface area contributed by atoms with Gasteiger partial charge in [0.2, 0.25) is 23.6 Å². The highest BCUT2D eigenvalue weighted by molar-refractivity contribution is 5.94. The number of aliphatic hydroxyl groups is 1. The van der Waals surface area contributed by atoms with Gasteiger partial charge >= 0.3 is 5.97 Å². The molecule has 0 aromatic rings. The van der Waals surface area contributed by atoms with Crippen molar-refractivity contribution in [3.63, 3.8) is 0 Å². The van der Waals surface area contributed by atoms with Crippen molar-refractivity contribution in [3.8, 4) is 0 Å². The van der Waals surface area contributed by atoms with Gasteiger partial charge in [0, 0.05) is 6.42 Å². The minimum Gasteiger partial charge on any atom is -0.480 e. The number of hydrogen-bond donors (Lipinski definition) is 7. The second kappa shape index (κ2) is 14.4. The maximum absolute atomic E-state index is 12.7. The van der Waals surface area contributed by atoms with E-state index in [2.05, 4.69) is 16.0 Å². The van der Waals surface area contributed by atoms with Gasteiger partial charge in [0.1, 0.15) is 18.1 Å². The number of carbonyl (C=O) groups is 5. The Hall–Kier alpha value is -2.73. The Morgan fingerprint density at radius 3 is 1.81 bits per heavy atom. The second-order valence-corrected chi connectivity index (χ2v) is 8.25. The molecule has 12 heteroatoms. The normalized spacial score (nSPS) is 15.7. The lowest BCUT2D eigenvalue weighted by Gasteiger charge is -2.26. The molecular weight excluding hydrogens is 422 g/mol. The van der Waals surface area contributed by atoms with Crippen molar-refractivity contribution < 1.29 is 34.2 Å². The molecule has 0 rings (SSSR count). The SMILES string of the molecule is CCC(C)C(N)C(=O)NC(CO)C(=O)NC(CC(C)C)C(=O)NC(CCC(N)=O)C(=O)O. The van der Waals surface area contributed by atoms with Gasteiger partial charge in [-0.25, -0.2) is 4.79 Å². The number of carbonyl (C=O) groups excluding carboxylic acids is 4. The fourth-order valence-electron chi connectivity index (χ4n) is 2.77. The minimum atomic E-state index is -1.37. The van der Waals surface area contributed by atoms with Crippen molar-refractivity contribution in [3.05, 3.63) is 0 Å². The fourth-order valence-corrected chi connectivity index (χ4v) is 2.77. The van der Waals surface area contributed by atoms with Crippen LogP contribution in [0.25, 0.3) is 0 Å². The van der Waals surface area contributed by atoms with Crippen LogP contribution in [0, 0.1) is 11.8 Å². The van der Waals surface area contributed by atoms with E-state index in [4.69, 9.17) is 11.5 Å². The summed E-state index contributed by atoms with van der Waals surface area (Å²) < 4.78 is 0. The van der Waals surface area contributed by atoms with E-state index in [0.29, 0.717) is 6.42 Å². The van der Waals surface area contributed by atoms with E-state index in [1.165, 1.54) is 0 Å². The lowest BCUT2D eigenvalue weighted by atomic mass is 9.99. The molecule has 12 nitrogen and oxygen atoms in total. The molecule has 0 bridgehead atoms. The number of nitrogens with one attached hydrogen (secondary N) is 3. The Morgan fingerprint density at radius 2 is 1.38 bits per heavy atom. The Balaban J connectivity index is 5.31. The second-order valence-electron chi connectivity index (χ2n) is 8.25. The molecule has 0 aliphatic heterocycles. The van der Waals surface area contributed by atoms with Crippen LogP contribution < -0.4 is 27.4 Å². The number of nitrogens with two attached hydrogens (primary N) is 2. The molecule has 0 radical (unpaired) electrons. The summed E-state index contributed by atoms with van der Waals surface area (Å²) >= 11 is 0. The van der Waals surface area contributed by atoms with Crippen LogP contribution in [0.5, 0.6) is 0 Å². The number of amides is 4. The third-order valence-electron chi connectivity index (χ3n) is 5.01. The van der Waals surface area contributed by atoms with Crippen LogP contribution in [0.3, 0.4) is 0 Å². The van der Waals surface area contributed by atoms with Gasteiger partial charge in [-0.05, 0) is 24.7 Å². The Morgan fingerprint density at radius 1 is 0.875 bits per heavy atom. The van der Waals surface area contributed by atoms with Gasteiger partial charge in [-0.1, -0.05) is 34.1 Å². The van der Waals surface area contributed by atoms with Crippen LogP contribution >= 0.6 is 0 Å². The molecule has 0 heterocycles. The van der Waals surface area contributed by atoms with Crippen molar-refractivity contribution in [1.29, 1.82) is 0 Å². The number of primary amides is 1. The minimum absolute atomic E-state index is 0.0547. The highest BCUT2D eigenvalue weighted by Gasteiger charge is 2.31. The van der Waals surface area contributed by atoms with Crippen molar-refractivity contribution in [2.75, 3.05) is 6.61 Å². The Labute approximate surface area is 187 Å². The number of rotatable bonds is 15. The van der Waals surface area contributed by atoms with E-state index in [1.54, 1.807) is 20.8 Å². The molecule has 184 valence electrons. The summed E-state index contributed by atoms with van der Waals surface area (Å²) in [5, 5.41) is 25.9. The molecule has 4 amide bonds. The fraction of sp³-hybridized carbons (Fsp3) is 0.750. The maximum atomic E-state index is 12.7. The molecule has 5 atom stereocenters. The van der Waals surface area contributed by atoms with Gasteiger partial charge < -0.3 is 37.6 Å². The quantitative estimate of drug-likeness (QED) is 0.148. The van der Waals surface area contributed by atoms with Gasteiger partial charge in [0.25, 0.3) is 0 Å². The van der Waals surface area contributed by atoms with Crippen molar-refractivity contribution in [2.45, 2.75) is 77.5 Å².